The second kappa shape index (κ2) is 9.59. The Bertz CT molecular complexity index is 1060. The summed E-state index contributed by atoms with van der Waals surface area (Å²) in [5, 5.41) is 3.27. The number of amides is 1. The van der Waals surface area contributed by atoms with Crippen LogP contribution in [0.1, 0.15) is 40.4 Å². The molecule has 0 aliphatic rings. The maximum absolute atomic E-state index is 13.0. The summed E-state index contributed by atoms with van der Waals surface area (Å²) in [5.41, 5.74) is 3.27. The number of hydrogen-bond donors (Lipinski definition) is 1. The van der Waals surface area contributed by atoms with Crippen molar-refractivity contribution in [1.82, 2.24) is 0 Å². The van der Waals surface area contributed by atoms with E-state index in [0.717, 1.165) is 11.1 Å². The van der Waals surface area contributed by atoms with Crippen LogP contribution >= 0.6 is 11.6 Å². The van der Waals surface area contributed by atoms with Crippen LogP contribution < -0.4 is 10.1 Å². The van der Waals surface area contributed by atoms with Crippen molar-refractivity contribution in [2.24, 2.45) is 0 Å². The van der Waals surface area contributed by atoms with Crippen molar-refractivity contribution in [3.05, 3.63) is 94.0 Å². The molecule has 5 heteroatoms. The fraction of sp³-hybridized carbons (Fsp3) is 0.200. The second-order valence-corrected chi connectivity index (χ2v) is 7.59. The van der Waals surface area contributed by atoms with Gasteiger partial charge in [0, 0.05) is 16.1 Å². The number of hydrogen-bond acceptors (Lipinski definition) is 3. The summed E-state index contributed by atoms with van der Waals surface area (Å²) in [6, 6.07) is 19.6. The summed E-state index contributed by atoms with van der Waals surface area (Å²) >= 11 is 6.12. The van der Waals surface area contributed by atoms with Gasteiger partial charge < -0.3 is 10.1 Å². The van der Waals surface area contributed by atoms with Gasteiger partial charge in [0.05, 0.1) is 5.69 Å². The minimum atomic E-state index is -0.694. The molecule has 0 aliphatic heterocycles. The van der Waals surface area contributed by atoms with Crippen molar-refractivity contribution in [3.63, 3.8) is 0 Å². The monoisotopic (exact) mass is 421 g/mol. The van der Waals surface area contributed by atoms with Crippen LogP contribution in [0.15, 0.2) is 66.7 Å². The van der Waals surface area contributed by atoms with Crippen molar-refractivity contribution in [3.8, 4) is 5.75 Å². The van der Waals surface area contributed by atoms with Gasteiger partial charge in [0.15, 0.2) is 11.9 Å². The van der Waals surface area contributed by atoms with E-state index in [4.69, 9.17) is 16.3 Å². The normalized spacial score (nSPS) is 11.6. The van der Waals surface area contributed by atoms with Crippen LogP contribution in [0.3, 0.4) is 0 Å². The lowest BCUT2D eigenvalue weighted by molar-refractivity contribution is -0.122. The highest BCUT2D eigenvalue weighted by Gasteiger charge is 2.22. The highest BCUT2D eigenvalue weighted by molar-refractivity contribution is 6.31. The van der Waals surface area contributed by atoms with E-state index in [9.17, 15) is 9.59 Å². The molecule has 0 radical (unpaired) electrons. The Morgan fingerprint density at radius 2 is 1.73 bits per heavy atom. The van der Waals surface area contributed by atoms with Crippen LogP contribution in [0.5, 0.6) is 5.75 Å². The highest BCUT2D eigenvalue weighted by Crippen LogP contribution is 2.25. The van der Waals surface area contributed by atoms with Gasteiger partial charge in [0.25, 0.3) is 5.91 Å². The van der Waals surface area contributed by atoms with Crippen molar-refractivity contribution in [2.45, 2.75) is 33.3 Å². The third-order valence-electron chi connectivity index (χ3n) is 4.80. The zero-order valence-electron chi connectivity index (χ0n) is 17.2. The van der Waals surface area contributed by atoms with E-state index in [0.29, 0.717) is 34.0 Å². The summed E-state index contributed by atoms with van der Waals surface area (Å²) in [5.74, 6) is 0.147. The number of ether oxygens (including phenoxy) is 1. The van der Waals surface area contributed by atoms with E-state index < -0.39 is 6.10 Å². The maximum Gasteiger partial charge on any atom is 0.265 e. The lowest BCUT2D eigenvalue weighted by atomic mass is 10.0. The Hall–Kier alpha value is -3.11. The third kappa shape index (κ3) is 5.08. The molecule has 1 N–H and O–H groups in total. The SMILES string of the molecule is CC[C@H](Oc1cc(C)ccc1C)C(=O)Nc1ccc(Cl)cc1C(=O)c1ccccc1. The molecule has 3 aromatic rings. The van der Waals surface area contributed by atoms with E-state index in [1.807, 2.05) is 45.0 Å². The summed E-state index contributed by atoms with van der Waals surface area (Å²) in [7, 11) is 0. The molecule has 1 amide bonds. The number of anilines is 1. The van der Waals surface area contributed by atoms with Gasteiger partial charge in [-0.3, -0.25) is 9.59 Å². The quantitative estimate of drug-likeness (QED) is 0.477. The predicted octanol–water partition coefficient (Wildman–Crippen LogP) is 5.98. The average molecular weight is 422 g/mol. The Morgan fingerprint density at radius 1 is 1.00 bits per heavy atom. The zero-order chi connectivity index (χ0) is 21.7. The van der Waals surface area contributed by atoms with Gasteiger partial charge >= 0.3 is 0 Å². The molecule has 4 nitrogen and oxygen atoms in total. The molecular formula is C25H24ClNO3. The first kappa shape index (κ1) is 21.6. The molecule has 0 unspecified atom stereocenters. The first-order valence-corrected chi connectivity index (χ1v) is 10.2. The first-order chi connectivity index (χ1) is 14.4. The van der Waals surface area contributed by atoms with Crippen molar-refractivity contribution in [1.29, 1.82) is 0 Å². The van der Waals surface area contributed by atoms with Crippen molar-refractivity contribution >= 4 is 29.0 Å². The fourth-order valence-electron chi connectivity index (χ4n) is 3.08. The Balaban J connectivity index is 1.85. The molecule has 30 heavy (non-hydrogen) atoms. The van der Waals surface area contributed by atoms with Gasteiger partial charge in [0.1, 0.15) is 5.75 Å². The largest absolute Gasteiger partial charge is 0.480 e. The van der Waals surface area contributed by atoms with E-state index in [-0.39, 0.29) is 11.7 Å². The van der Waals surface area contributed by atoms with E-state index >= 15 is 0 Å². The number of halogens is 1. The summed E-state index contributed by atoms with van der Waals surface area (Å²) in [6.07, 6.45) is -0.213. The topological polar surface area (TPSA) is 55.4 Å². The fourth-order valence-corrected chi connectivity index (χ4v) is 3.25. The van der Waals surface area contributed by atoms with Crippen LogP contribution in [0.4, 0.5) is 5.69 Å². The van der Waals surface area contributed by atoms with Crippen LogP contribution in [0.2, 0.25) is 5.02 Å². The molecule has 0 aliphatic carbocycles. The smallest absolute Gasteiger partial charge is 0.265 e. The Morgan fingerprint density at radius 3 is 2.43 bits per heavy atom. The highest BCUT2D eigenvalue weighted by atomic mass is 35.5. The maximum atomic E-state index is 13.0. The number of carbonyl (C=O) groups excluding carboxylic acids is 2. The van der Waals surface area contributed by atoms with Gasteiger partial charge in [-0.1, -0.05) is 61.0 Å². The van der Waals surface area contributed by atoms with Gasteiger partial charge in [-0.15, -0.1) is 0 Å². The van der Waals surface area contributed by atoms with Crippen molar-refractivity contribution < 1.29 is 14.3 Å². The molecule has 0 spiro atoms. The van der Waals surface area contributed by atoms with E-state index in [1.165, 1.54) is 0 Å². The number of ketones is 1. The number of aryl methyl sites for hydroxylation is 2. The Labute approximate surface area is 181 Å². The van der Waals surface area contributed by atoms with E-state index in [1.54, 1.807) is 42.5 Å². The average Bonchev–Trinajstić information content (AvgIpc) is 2.75. The molecule has 0 fully saturated rings. The molecule has 3 aromatic carbocycles. The predicted molar refractivity (Wildman–Crippen MR) is 121 cm³/mol. The molecule has 0 saturated carbocycles. The van der Waals surface area contributed by atoms with Crippen molar-refractivity contribution in [2.75, 3.05) is 5.32 Å². The molecule has 0 bridgehead atoms. The lowest BCUT2D eigenvalue weighted by Crippen LogP contribution is -2.33. The number of benzene rings is 3. The molecule has 3 rings (SSSR count). The van der Waals surface area contributed by atoms with Crippen LogP contribution in [-0.4, -0.2) is 17.8 Å². The minimum Gasteiger partial charge on any atom is -0.480 e. The number of nitrogens with one attached hydrogen (secondary N) is 1. The van der Waals surface area contributed by atoms with Crippen LogP contribution in [0, 0.1) is 13.8 Å². The zero-order valence-corrected chi connectivity index (χ0v) is 18.0. The molecule has 0 saturated heterocycles. The number of carbonyl (C=O) groups is 2. The first-order valence-electron chi connectivity index (χ1n) is 9.83. The third-order valence-corrected chi connectivity index (χ3v) is 5.03. The van der Waals surface area contributed by atoms with Gasteiger partial charge in [0.2, 0.25) is 0 Å². The lowest BCUT2D eigenvalue weighted by Gasteiger charge is -2.20. The molecule has 0 aromatic heterocycles. The van der Waals surface area contributed by atoms with Crippen LogP contribution in [0.25, 0.3) is 0 Å². The molecule has 1 atom stereocenters. The summed E-state index contributed by atoms with van der Waals surface area (Å²) in [4.78, 5) is 25.9. The van der Waals surface area contributed by atoms with Gasteiger partial charge in [-0.25, -0.2) is 0 Å². The second-order valence-electron chi connectivity index (χ2n) is 7.16. The van der Waals surface area contributed by atoms with Gasteiger partial charge in [-0.05, 0) is 55.7 Å². The molecule has 154 valence electrons. The Kier molecular flexibility index (Phi) is 6.91. The number of rotatable bonds is 7. The standard InChI is InChI=1S/C25H24ClNO3/c1-4-22(30-23-14-16(2)10-11-17(23)3)25(29)27-21-13-12-19(26)15-20(21)24(28)18-8-6-5-7-9-18/h5-15,22H,4H2,1-3H3,(H,27,29)/t22-/m0/s1. The minimum absolute atomic E-state index is 0.211. The van der Waals surface area contributed by atoms with Crippen LogP contribution in [-0.2, 0) is 4.79 Å². The van der Waals surface area contributed by atoms with Gasteiger partial charge in [-0.2, -0.15) is 0 Å². The molecule has 0 heterocycles. The summed E-state index contributed by atoms with van der Waals surface area (Å²) < 4.78 is 5.99. The van der Waals surface area contributed by atoms with E-state index in [2.05, 4.69) is 5.32 Å². The molecular weight excluding hydrogens is 398 g/mol. The summed E-state index contributed by atoms with van der Waals surface area (Å²) in [6.45, 7) is 5.80.